The molecule has 1 nitrogen and oxygen atoms in total. The molecular formula is C17H15F4N. The third-order valence-electron chi connectivity index (χ3n) is 3.40. The molecule has 0 N–H and O–H groups in total. The number of hydrogen-bond donors (Lipinski definition) is 0. The Hall–Kier alpha value is -2.30. The minimum absolute atomic E-state index is 0.0153. The summed E-state index contributed by atoms with van der Waals surface area (Å²) in [5.41, 5.74) is 0.957. The molecule has 0 amide bonds. The van der Waals surface area contributed by atoms with Crippen LogP contribution in [0, 0.1) is 0 Å². The lowest BCUT2D eigenvalue weighted by atomic mass is 9.96. The lowest BCUT2D eigenvalue weighted by Gasteiger charge is -2.39. The second-order valence-electron chi connectivity index (χ2n) is 4.87. The Morgan fingerprint density at radius 1 is 1.18 bits per heavy atom. The largest absolute Gasteiger partial charge is 0.389 e. The highest BCUT2D eigenvalue weighted by atomic mass is 19.3. The van der Waals surface area contributed by atoms with E-state index in [9.17, 15) is 17.6 Å². The summed E-state index contributed by atoms with van der Waals surface area (Å²) in [7, 11) is 0. The predicted octanol–water partition coefficient (Wildman–Crippen LogP) is 5.22. The molecule has 116 valence electrons. The summed E-state index contributed by atoms with van der Waals surface area (Å²) >= 11 is 0. The molecule has 0 saturated heterocycles. The van der Waals surface area contributed by atoms with Crippen molar-refractivity contribution in [1.29, 1.82) is 0 Å². The molecular weight excluding hydrogens is 294 g/mol. The van der Waals surface area contributed by atoms with Gasteiger partial charge in [-0.1, -0.05) is 49.6 Å². The van der Waals surface area contributed by atoms with Crippen LogP contribution in [0.1, 0.15) is 12.5 Å². The molecule has 1 aromatic carbocycles. The van der Waals surface area contributed by atoms with Gasteiger partial charge >= 0.3 is 12.5 Å². The van der Waals surface area contributed by atoms with Crippen LogP contribution in [0.4, 0.5) is 17.6 Å². The third-order valence-corrected chi connectivity index (χ3v) is 3.40. The van der Waals surface area contributed by atoms with Crippen LogP contribution in [-0.2, 0) is 0 Å². The van der Waals surface area contributed by atoms with Gasteiger partial charge in [-0.3, -0.25) is 4.90 Å². The Morgan fingerprint density at radius 2 is 1.77 bits per heavy atom. The molecule has 22 heavy (non-hydrogen) atoms. The van der Waals surface area contributed by atoms with E-state index in [-0.39, 0.29) is 17.0 Å². The maximum absolute atomic E-state index is 14.1. The van der Waals surface area contributed by atoms with Crippen LogP contribution in [0.3, 0.4) is 0 Å². The Labute approximate surface area is 126 Å². The smallest absolute Gasteiger partial charge is 0.277 e. The zero-order valence-corrected chi connectivity index (χ0v) is 12.0. The second kappa shape index (κ2) is 5.83. The number of benzene rings is 1. The molecule has 0 aliphatic carbocycles. The van der Waals surface area contributed by atoms with Crippen molar-refractivity contribution in [1.82, 2.24) is 4.90 Å². The van der Waals surface area contributed by atoms with E-state index in [1.54, 1.807) is 43.3 Å². The van der Waals surface area contributed by atoms with Gasteiger partial charge in [-0.05, 0) is 29.7 Å². The highest BCUT2D eigenvalue weighted by molar-refractivity contribution is 5.75. The average molecular weight is 309 g/mol. The Kier molecular flexibility index (Phi) is 4.26. The molecule has 0 atom stereocenters. The minimum Gasteiger partial charge on any atom is -0.277 e. The number of alkyl halides is 4. The van der Waals surface area contributed by atoms with Crippen molar-refractivity contribution in [2.24, 2.45) is 0 Å². The number of hydrogen-bond acceptors (Lipinski definition) is 1. The molecule has 1 heterocycles. The predicted molar refractivity (Wildman–Crippen MR) is 79.2 cm³/mol. The van der Waals surface area contributed by atoms with E-state index >= 15 is 0 Å². The molecule has 2 rings (SSSR count). The van der Waals surface area contributed by atoms with Crippen molar-refractivity contribution < 1.29 is 17.6 Å². The number of allylic oxidation sites excluding steroid dienone is 3. The SMILES string of the molecule is C=CC1=CC(C)=C(c2ccccc2)N(C(F)(F)C(F)F)C1=C. The molecule has 0 unspecified atom stereocenters. The monoisotopic (exact) mass is 309 g/mol. The first-order valence-corrected chi connectivity index (χ1v) is 6.56. The fraction of sp³-hybridized carbons (Fsp3) is 0.176. The van der Waals surface area contributed by atoms with Gasteiger partial charge in [0.2, 0.25) is 0 Å². The highest BCUT2D eigenvalue weighted by Gasteiger charge is 2.50. The first-order valence-electron chi connectivity index (χ1n) is 6.56. The van der Waals surface area contributed by atoms with E-state index in [0.717, 1.165) is 0 Å². The summed E-state index contributed by atoms with van der Waals surface area (Å²) < 4.78 is 54.1. The average Bonchev–Trinajstić information content (AvgIpc) is 2.49. The summed E-state index contributed by atoms with van der Waals surface area (Å²) in [6.07, 6.45) is -0.919. The lowest BCUT2D eigenvalue weighted by molar-refractivity contribution is -0.195. The summed E-state index contributed by atoms with van der Waals surface area (Å²) in [5, 5.41) is 0. The van der Waals surface area contributed by atoms with Gasteiger partial charge in [-0.25, -0.2) is 8.78 Å². The molecule has 0 saturated carbocycles. The summed E-state index contributed by atoms with van der Waals surface area (Å²) in [6, 6.07) is 3.85. The molecule has 0 spiro atoms. The quantitative estimate of drug-likeness (QED) is 0.544. The lowest BCUT2D eigenvalue weighted by Crippen LogP contribution is -2.46. The fourth-order valence-electron chi connectivity index (χ4n) is 2.38. The maximum Gasteiger partial charge on any atom is 0.389 e. The van der Waals surface area contributed by atoms with Crippen LogP contribution in [-0.4, -0.2) is 17.4 Å². The van der Waals surface area contributed by atoms with Crippen LogP contribution < -0.4 is 0 Å². The summed E-state index contributed by atoms with van der Waals surface area (Å²) in [6.45, 7) is 8.65. The van der Waals surface area contributed by atoms with Crippen LogP contribution in [0.2, 0.25) is 0 Å². The van der Waals surface area contributed by atoms with Crippen molar-refractivity contribution in [3.05, 3.63) is 78.0 Å². The van der Waals surface area contributed by atoms with E-state index in [1.807, 2.05) is 0 Å². The van der Waals surface area contributed by atoms with Crippen molar-refractivity contribution >= 4 is 5.70 Å². The van der Waals surface area contributed by atoms with E-state index in [4.69, 9.17) is 0 Å². The molecule has 0 aromatic heterocycles. The molecule has 0 radical (unpaired) electrons. The molecule has 1 aromatic rings. The van der Waals surface area contributed by atoms with Crippen molar-refractivity contribution in [3.8, 4) is 0 Å². The van der Waals surface area contributed by atoms with Gasteiger partial charge in [-0.2, -0.15) is 8.78 Å². The van der Waals surface area contributed by atoms with Gasteiger partial charge in [0.1, 0.15) is 0 Å². The number of nitrogens with zero attached hydrogens (tertiary/aromatic N) is 1. The van der Waals surface area contributed by atoms with Gasteiger partial charge in [0, 0.05) is 5.70 Å². The topological polar surface area (TPSA) is 3.24 Å². The second-order valence-corrected chi connectivity index (χ2v) is 4.87. The van der Waals surface area contributed by atoms with Crippen LogP contribution in [0.25, 0.3) is 5.70 Å². The minimum atomic E-state index is -4.37. The first kappa shape index (κ1) is 16.1. The Morgan fingerprint density at radius 3 is 2.27 bits per heavy atom. The van der Waals surface area contributed by atoms with Crippen LogP contribution in [0.5, 0.6) is 0 Å². The van der Waals surface area contributed by atoms with Crippen LogP contribution >= 0.6 is 0 Å². The fourth-order valence-corrected chi connectivity index (χ4v) is 2.38. The summed E-state index contributed by atoms with van der Waals surface area (Å²) in [5.74, 6) is 0. The standard InChI is InChI=1S/C17H15F4N/c1-4-13-10-11(2)15(14-8-6-5-7-9-14)22(12(13)3)17(20,21)16(18)19/h4-10,16H,1,3H2,2H3. The number of halogens is 4. The molecule has 0 fully saturated rings. The maximum atomic E-state index is 14.1. The van der Waals surface area contributed by atoms with Gasteiger partial charge < -0.3 is 0 Å². The number of rotatable bonds is 4. The van der Waals surface area contributed by atoms with Crippen molar-refractivity contribution in [3.63, 3.8) is 0 Å². The van der Waals surface area contributed by atoms with Crippen molar-refractivity contribution in [2.75, 3.05) is 0 Å². The Bertz CT molecular complexity index is 656. The van der Waals surface area contributed by atoms with Gasteiger partial charge in [-0.15, -0.1) is 0 Å². The normalized spacial score (nSPS) is 16.2. The molecule has 0 bridgehead atoms. The van der Waals surface area contributed by atoms with E-state index in [2.05, 4.69) is 13.2 Å². The Balaban J connectivity index is 2.70. The van der Waals surface area contributed by atoms with Gasteiger partial charge in [0.25, 0.3) is 0 Å². The van der Waals surface area contributed by atoms with Gasteiger partial charge in [0.05, 0.1) is 5.70 Å². The van der Waals surface area contributed by atoms with E-state index in [1.165, 1.54) is 6.08 Å². The molecule has 5 heteroatoms. The zero-order chi connectivity index (χ0) is 16.5. The van der Waals surface area contributed by atoms with Gasteiger partial charge in [0.15, 0.2) is 0 Å². The summed E-state index contributed by atoms with van der Waals surface area (Å²) in [4.78, 5) is 0.305. The zero-order valence-electron chi connectivity index (χ0n) is 12.0. The first-order chi connectivity index (χ1) is 10.3. The highest BCUT2D eigenvalue weighted by Crippen LogP contribution is 2.43. The van der Waals surface area contributed by atoms with Crippen LogP contribution in [0.15, 0.2) is 72.5 Å². The van der Waals surface area contributed by atoms with E-state index in [0.29, 0.717) is 16.0 Å². The molecule has 1 aliphatic heterocycles. The third kappa shape index (κ3) is 2.58. The van der Waals surface area contributed by atoms with E-state index < -0.39 is 12.5 Å². The van der Waals surface area contributed by atoms with Crippen molar-refractivity contribution in [2.45, 2.75) is 19.4 Å². The molecule has 1 aliphatic rings.